The molecule has 106 valence electrons. The van der Waals surface area contributed by atoms with Crippen LogP contribution in [0.25, 0.3) is 0 Å². The number of fused-ring (bicyclic) bond motifs is 1. The van der Waals surface area contributed by atoms with E-state index in [1.807, 2.05) is 20.8 Å². The van der Waals surface area contributed by atoms with Crippen molar-refractivity contribution in [2.45, 2.75) is 38.9 Å². The SMILES string of the molecule is CC(C)(C)Nc1nccc2c1NCC(C(F)(F)F)C2. The van der Waals surface area contributed by atoms with Gasteiger partial charge in [0.1, 0.15) is 5.82 Å². The molecule has 0 amide bonds. The Bertz CT molecular complexity index is 463. The first kappa shape index (κ1) is 14.0. The minimum atomic E-state index is -4.16. The van der Waals surface area contributed by atoms with Crippen LogP contribution in [0.1, 0.15) is 26.3 Å². The van der Waals surface area contributed by atoms with Crippen LogP contribution in [-0.4, -0.2) is 23.2 Å². The van der Waals surface area contributed by atoms with E-state index in [0.717, 1.165) is 0 Å². The number of pyridine rings is 1. The summed E-state index contributed by atoms with van der Waals surface area (Å²) in [5, 5.41) is 6.07. The molecule has 0 radical (unpaired) electrons. The number of aromatic nitrogens is 1. The third kappa shape index (κ3) is 3.30. The van der Waals surface area contributed by atoms with Gasteiger partial charge in [0.2, 0.25) is 0 Å². The number of halogens is 3. The molecule has 1 aliphatic heterocycles. The highest BCUT2D eigenvalue weighted by Gasteiger charge is 2.41. The van der Waals surface area contributed by atoms with Gasteiger partial charge in [0.25, 0.3) is 0 Å². The zero-order valence-corrected chi connectivity index (χ0v) is 11.2. The Morgan fingerprint density at radius 3 is 2.58 bits per heavy atom. The normalized spacial score (nSPS) is 19.6. The fourth-order valence-electron chi connectivity index (χ4n) is 2.11. The van der Waals surface area contributed by atoms with Gasteiger partial charge >= 0.3 is 6.18 Å². The third-order valence-corrected chi connectivity index (χ3v) is 2.99. The molecular weight excluding hydrogens is 255 g/mol. The number of hydrogen-bond donors (Lipinski definition) is 2. The molecule has 1 aromatic rings. The molecule has 0 saturated heterocycles. The molecule has 0 bridgehead atoms. The van der Waals surface area contributed by atoms with E-state index in [0.29, 0.717) is 17.1 Å². The van der Waals surface area contributed by atoms with Crippen molar-refractivity contribution in [1.82, 2.24) is 4.98 Å². The maximum absolute atomic E-state index is 12.7. The van der Waals surface area contributed by atoms with Crippen molar-refractivity contribution in [3.8, 4) is 0 Å². The fourth-order valence-corrected chi connectivity index (χ4v) is 2.11. The van der Waals surface area contributed by atoms with E-state index in [-0.39, 0.29) is 18.5 Å². The molecular formula is C13H18F3N3. The number of nitrogens with zero attached hydrogens (tertiary/aromatic N) is 1. The van der Waals surface area contributed by atoms with Crippen molar-refractivity contribution in [2.24, 2.45) is 5.92 Å². The van der Waals surface area contributed by atoms with E-state index in [9.17, 15) is 13.2 Å². The summed E-state index contributed by atoms with van der Waals surface area (Å²) in [5.41, 5.74) is 1.17. The summed E-state index contributed by atoms with van der Waals surface area (Å²) in [6.07, 6.45) is -2.61. The Labute approximate surface area is 110 Å². The lowest BCUT2D eigenvalue weighted by Crippen LogP contribution is -2.36. The number of anilines is 2. The molecule has 3 nitrogen and oxygen atoms in total. The number of rotatable bonds is 1. The largest absolute Gasteiger partial charge is 0.393 e. The summed E-state index contributed by atoms with van der Waals surface area (Å²) in [6, 6.07) is 1.65. The van der Waals surface area contributed by atoms with Gasteiger partial charge in [0.15, 0.2) is 0 Å². The van der Waals surface area contributed by atoms with Crippen molar-refractivity contribution in [1.29, 1.82) is 0 Å². The highest BCUT2D eigenvalue weighted by molar-refractivity contribution is 5.70. The standard InChI is InChI=1S/C13H18F3N3/c1-12(2,3)19-11-10-8(4-5-17-11)6-9(7-18-10)13(14,15)16/h4-5,9,18H,6-7H2,1-3H3,(H,17,19). The zero-order valence-electron chi connectivity index (χ0n) is 11.2. The Morgan fingerprint density at radius 2 is 2.00 bits per heavy atom. The van der Waals surface area contributed by atoms with Crippen LogP contribution in [0.2, 0.25) is 0 Å². The Morgan fingerprint density at radius 1 is 1.32 bits per heavy atom. The molecule has 0 aromatic carbocycles. The van der Waals surface area contributed by atoms with Crippen LogP contribution in [0.3, 0.4) is 0 Å². The molecule has 2 N–H and O–H groups in total. The molecule has 0 aliphatic carbocycles. The molecule has 0 fully saturated rings. The molecule has 2 heterocycles. The summed E-state index contributed by atoms with van der Waals surface area (Å²) >= 11 is 0. The number of alkyl halides is 3. The predicted molar refractivity (Wildman–Crippen MR) is 69.4 cm³/mol. The average Bonchev–Trinajstić information content (AvgIpc) is 2.25. The maximum Gasteiger partial charge on any atom is 0.393 e. The van der Waals surface area contributed by atoms with E-state index in [1.54, 1.807) is 12.3 Å². The molecule has 2 rings (SSSR count). The summed E-state index contributed by atoms with van der Waals surface area (Å²) in [6.45, 7) is 5.85. The summed E-state index contributed by atoms with van der Waals surface area (Å²) in [4.78, 5) is 4.21. The van der Waals surface area contributed by atoms with Gasteiger partial charge in [0.05, 0.1) is 11.6 Å². The lowest BCUT2D eigenvalue weighted by atomic mass is 9.94. The monoisotopic (exact) mass is 273 g/mol. The Kier molecular flexibility index (Phi) is 3.36. The second-order valence-electron chi connectivity index (χ2n) is 5.89. The van der Waals surface area contributed by atoms with Crippen LogP contribution >= 0.6 is 0 Å². The molecule has 1 unspecified atom stereocenters. The topological polar surface area (TPSA) is 37.0 Å². The van der Waals surface area contributed by atoms with Gasteiger partial charge in [0, 0.05) is 18.3 Å². The minimum absolute atomic E-state index is 0.00712. The summed E-state index contributed by atoms with van der Waals surface area (Å²) in [7, 11) is 0. The molecule has 6 heteroatoms. The van der Waals surface area contributed by atoms with Crippen molar-refractivity contribution >= 4 is 11.5 Å². The van der Waals surface area contributed by atoms with Gasteiger partial charge in [-0.1, -0.05) is 0 Å². The molecule has 19 heavy (non-hydrogen) atoms. The van der Waals surface area contributed by atoms with Crippen LogP contribution in [0.4, 0.5) is 24.7 Å². The number of nitrogens with one attached hydrogen (secondary N) is 2. The first-order valence-corrected chi connectivity index (χ1v) is 6.23. The fraction of sp³-hybridized carbons (Fsp3) is 0.615. The second-order valence-corrected chi connectivity index (χ2v) is 5.89. The molecule has 1 atom stereocenters. The van der Waals surface area contributed by atoms with Crippen LogP contribution in [0, 0.1) is 5.92 Å². The molecule has 0 spiro atoms. The van der Waals surface area contributed by atoms with Gasteiger partial charge in [-0.25, -0.2) is 4.98 Å². The smallest absolute Gasteiger partial charge is 0.381 e. The summed E-state index contributed by atoms with van der Waals surface area (Å²) in [5.74, 6) is -0.712. The highest BCUT2D eigenvalue weighted by atomic mass is 19.4. The van der Waals surface area contributed by atoms with Crippen molar-refractivity contribution in [3.05, 3.63) is 17.8 Å². The van der Waals surface area contributed by atoms with E-state index in [1.165, 1.54) is 0 Å². The van der Waals surface area contributed by atoms with Gasteiger partial charge in [-0.15, -0.1) is 0 Å². The third-order valence-electron chi connectivity index (χ3n) is 2.99. The van der Waals surface area contributed by atoms with E-state index < -0.39 is 12.1 Å². The van der Waals surface area contributed by atoms with E-state index in [4.69, 9.17) is 0 Å². The van der Waals surface area contributed by atoms with Crippen molar-refractivity contribution < 1.29 is 13.2 Å². The molecule has 1 aliphatic rings. The van der Waals surface area contributed by atoms with Crippen LogP contribution < -0.4 is 10.6 Å². The molecule has 0 saturated carbocycles. The van der Waals surface area contributed by atoms with Crippen LogP contribution in [-0.2, 0) is 6.42 Å². The first-order chi connectivity index (χ1) is 8.67. The average molecular weight is 273 g/mol. The van der Waals surface area contributed by atoms with Gasteiger partial charge in [-0.3, -0.25) is 0 Å². The lowest BCUT2D eigenvalue weighted by molar-refractivity contribution is -0.170. The highest BCUT2D eigenvalue weighted by Crippen LogP contribution is 2.37. The van der Waals surface area contributed by atoms with Gasteiger partial charge < -0.3 is 10.6 Å². The first-order valence-electron chi connectivity index (χ1n) is 6.23. The van der Waals surface area contributed by atoms with Crippen molar-refractivity contribution in [3.63, 3.8) is 0 Å². The van der Waals surface area contributed by atoms with Crippen LogP contribution in [0.15, 0.2) is 12.3 Å². The maximum atomic E-state index is 12.7. The lowest BCUT2D eigenvalue weighted by Gasteiger charge is -2.31. The minimum Gasteiger partial charge on any atom is -0.381 e. The van der Waals surface area contributed by atoms with E-state index >= 15 is 0 Å². The summed E-state index contributed by atoms with van der Waals surface area (Å²) < 4.78 is 38.2. The van der Waals surface area contributed by atoms with Crippen LogP contribution in [0.5, 0.6) is 0 Å². The van der Waals surface area contributed by atoms with Crippen molar-refractivity contribution in [2.75, 3.05) is 17.2 Å². The van der Waals surface area contributed by atoms with E-state index in [2.05, 4.69) is 15.6 Å². The van der Waals surface area contributed by atoms with Gasteiger partial charge in [-0.05, 0) is 38.8 Å². The Hall–Kier alpha value is -1.46. The predicted octanol–water partition coefficient (Wildman–Crippen LogP) is 3.44. The van der Waals surface area contributed by atoms with Gasteiger partial charge in [-0.2, -0.15) is 13.2 Å². The second kappa shape index (κ2) is 4.58. The quantitative estimate of drug-likeness (QED) is 0.823. The Balaban J connectivity index is 2.26. The zero-order chi connectivity index (χ0) is 14.3. The number of hydrogen-bond acceptors (Lipinski definition) is 3. The molecule has 1 aromatic heterocycles.